The van der Waals surface area contributed by atoms with E-state index >= 15 is 0 Å². The molecule has 0 spiro atoms. The third-order valence-electron chi connectivity index (χ3n) is 2.62. The molecule has 0 aromatic carbocycles. The van der Waals surface area contributed by atoms with Crippen molar-refractivity contribution in [3.63, 3.8) is 0 Å². The van der Waals surface area contributed by atoms with Gasteiger partial charge in [-0.2, -0.15) is 0 Å². The predicted molar refractivity (Wildman–Crippen MR) is 52.0 cm³/mol. The zero-order chi connectivity index (χ0) is 11.3. The fraction of sp³-hybridized carbons (Fsp3) is 0.600. The summed E-state index contributed by atoms with van der Waals surface area (Å²) in [4.78, 5) is 22.0. The van der Waals surface area contributed by atoms with E-state index in [4.69, 9.17) is 16.3 Å². The van der Waals surface area contributed by atoms with Crippen LogP contribution in [0.4, 0.5) is 0 Å². The molecule has 15 heavy (non-hydrogen) atoms. The van der Waals surface area contributed by atoms with Crippen molar-refractivity contribution < 1.29 is 19.4 Å². The third kappa shape index (κ3) is 2.70. The highest BCUT2D eigenvalue weighted by Gasteiger charge is 2.40. The number of carbonyl (C=O) groups excluding carboxylic acids is 1. The van der Waals surface area contributed by atoms with Crippen molar-refractivity contribution in [1.82, 2.24) is 5.32 Å². The van der Waals surface area contributed by atoms with Gasteiger partial charge >= 0.3 is 5.97 Å². The Kier molecular flexibility index (Phi) is 3.69. The van der Waals surface area contributed by atoms with Crippen LogP contribution in [0.5, 0.6) is 0 Å². The number of terminal acetylenes is 1. The summed E-state index contributed by atoms with van der Waals surface area (Å²) in [5, 5.41) is 11.5. The summed E-state index contributed by atoms with van der Waals surface area (Å²) in [7, 11) is 0. The highest BCUT2D eigenvalue weighted by molar-refractivity contribution is 5.93. The number of rotatable bonds is 3. The molecule has 0 aliphatic carbocycles. The maximum Gasteiger partial charge on any atom is 0.311 e. The van der Waals surface area contributed by atoms with Gasteiger partial charge in [-0.3, -0.25) is 9.59 Å². The molecule has 0 bridgehead atoms. The number of carboxylic acid groups (broad SMARTS) is 1. The number of nitrogens with one attached hydrogen (secondary N) is 1. The Morgan fingerprint density at radius 2 is 2.07 bits per heavy atom. The van der Waals surface area contributed by atoms with Crippen LogP contribution >= 0.6 is 0 Å². The van der Waals surface area contributed by atoms with Gasteiger partial charge < -0.3 is 15.2 Å². The van der Waals surface area contributed by atoms with E-state index in [0.717, 1.165) is 0 Å². The summed E-state index contributed by atoms with van der Waals surface area (Å²) >= 11 is 0. The Labute approximate surface area is 87.8 Å². The standard InChI is InChI=1S/C10H13NO4/c1-2-8(12)11-7-10(9(13)14)3-5-15-6-4-10/h1H,3-7H2,(H,11,12)(H,13,14). The topological polar surface area (TPSA) is 75.6 Å². The van der Waals surface area contributed by atoms with E-state index in [1.54, 1.807) is 0 Å². The second kappa shape index (κ2) is 4.80. The number of carboxylic acids is 1. The first kappa shape index (κ1) is 11.5. The average molecular weight is 211 g/mol. The van der Waals surface area contributed by atoms with Crippen LogP contribution < -0.4 is 5.32 Å². The Morgan fingerprint density at radius 1 is 1.47 bits per heavy atom. The first-order valence-corrected chi connectivity index (χ1v) is 4.66. The lowest BCUT2D eigenvalue weighted by Crippen LogP contribution is -2.46. The highest BCUT2D eigenvalue weighted by atomic mass is 16.5. The minimum absolute atomic E-state index is 0.0642. The number of aliphatic carboxylic acids is 1. The van der Waals surface area contributed by atoms with Crippen LogP contribution in [0.1, 0.15) is 12.8 Å². The van der Waals surface area contributed by atoms with Gasteiger partial charge in [0.05, 0.1) is 5.41 Å². The molecule has 0 unspecified atom stereocenters. The van der Waals surface area contributed by atoms with Gasteiger partial charge in [-0.05, 0) is 18.8 Å². The monoisotopic (exact) mass is 211 g/mol. The fourth-order valence-corrected chi connectivity index (χ4v) is 1.53. The third-order valence-corrected chi connectivity index (χ3v) is 2.62. The molecular weight excluding hydrogens is 198 g/mol. The largest absolute Gasteiger partial charge is 0.481 e. The molecule has 5 nitrogen and oxygen atoms in total. The zero-order valence-corrected chi connectivity index (χ0v) is 8.28. The van der Waals surface area contributed by atoms with E-state index in [-0.39, 0.29) is 6.54 Å². The van der Waals surface area contributed by atoms with Crippen LogP contribution in [0.15, 0.2) is 0 Å². The van der Waals surface area contributed by atoms with E-state index in [1.807, 2.05) is 5.92 Å². The molecular formula is C10H13NO4. The Morgan fingerprint density at radius 3 is 2.53 bits per heavy atom. The van der Waals surface area contributed by atoms with Gasteiger partial charge in [-0.1, -0.05) is 0 Å². The van der Waals surface area contributed by atoms with Crippen LogP contribution in [-0.4, -0.2) is 36.7 Å². The number of carbonyl (C=O) groups is 2. The zero-order valence-electron chi connectivity index (χ0n) is 8.28. The van der Waals surface area contributed by atoms with E-state index in [0.29, 0.717) is 26.1 Å². The molecule has 1 fully saturated rings. The summed E-state index contributed by atoms with van der Waals surface area (Å²) in [5.41, 5.74) is -0.926. The van der Waals surface area contributed by atoms with Crippen LogP contribution in [0.3, 0.4) is 0 Å². The molecule has 0 aromatic rings. The number of ether oxygens (including phenoxy) is 1. The molecule has 5 heteroatoms. The fourth-order valence-electron chi connectivity index (χ4n) is 1.53. The van der Waals surface area contributed by atoms with Gasteiger partial charge in [0.1, 0.15) is 0 Å². The second-order valence-corrected chi connectivity index (χ2v) is 3.52. The van der Waals surface area contributed by atoms with E-state index in [9.17, 15) is 9.59 Å². The lowest BCUT2D eigenvalue weighted by atomic mass is 9.80. The molecule has 2 N–H and O–H groups in total. The lowest BCUT2D eigenvalue weighted by molar-refractivity contribution is -0.154. The van der Waals surface area contributed by atoms with Crippen LogP contribution in [0.25, 0.3) is 0 Å². The molecule has 82 valence electrons. The molecule has 1 amide bonds. The van der Waals surface area contributed by atoms with Gasteiger partial charge in [-0.15, -0.1) is 6.42 Å². The molecule has 0 saturated carbocycles. The molecule has 1 saturated heterocycles. The summed E-state index contributed by atoms with van der Waals surface area (Å²) < 4.78 is 5.09. The SMILES string of the molecule is C#CC(=O)NCC1(C(=O)O)CCOCC1. The molecule has 0 radical (unpaired) electrons. The van der Waals surface area contributed by atoms with Crippen molar-refractivity contribution in [3.8, 4) is 12.3 Å². The maximum atomic E-state index is 11.1. The van der Waals surface area contributed by atoms with Crippen molar-refractivity contribution >= 4 is 11.9 Å². The second-order valence-electron chi connectivity index (χ2n) is 3.52. The number of hydrogen-bond acceptors (Lipinski definition) is 3. The Bertz CT molecular complexity index is 299. The molecule has 1 rings (SSSR count). The normalized spacial score (nSPS) is 18.9. The Balaban J connectivity index is 2.61. The van der Waals surface area contributed by atoms with Gasteiger partial charge in [0.15, 0.2) is 0 Å². The first-order chi connectivity index (χ1) is 7.10. The van der Waals surface area contributed by atoms with Gasteiger partial charge in [-0.25, -0.2) is 0 Å². The summed E-state index contributed by atoms with van der Waals surface area (Å²) in [6.07, 6.45) is 5.66. The van der Waals surface area contributed by atoms with Crippen LogP contribution in [0, 0.1) is 17.8 Å². The van der Waals surface area contributed by atoms with Crippen molar-refractivity contribution in [2.24, 2.45) is 5.41 Å². The predicted octanol–water partition coefficient (Wildman–Crippen LogP) is -0.383. The van der Waals surface area contributed by atoms with Crippen LogP contribution in [0.2, 0.25) is 0 Å². The summed E-state index contributed by atoms with van der Waals surface area (Å²) in [6, 6.07) is 0. The minimum atomic E-state index is -0.926. The van der Waals surface area contributed by atoms with Gasteiger partial charge in [0.25, 0.3) is 5.91 Å². The van der Waals surface area contributed by atoms with E-state index in [1.165, 1.54) is 0 Å². The maximum absolute atomic E-state index is 11.1. The van der Waals surface area contributed by atoms with Crippen LogP contribution in [-0.2, 0) is 14.3 Å². The number of amides is 1. The number of hydrogen-bond donors (Lipinski definition) is 2. The summed E-state index contributed by atoms with van der Waals surface area (Å²) in [6.45, 7) is 0.866. The Hall–Kier alpha value is -1.54. The van der Waals surface area contributed by atoms with Crippen molar-refractivity contribution in [2.75, 3.05) is 19.8 Å². The van der Waals surface area contributed by atoms with E-state index in [2.05, 4.69) is 5.32 Å². The van der Waals surface area contributed by atoms with Gasteiger partial charge in [0, 0.05) is 19.8 Å². The molecule has 1 heterocycles. The molecule has 0 aromatic heterocycles. The molecule has 1 aliphatic heterocycles. The van der Waals surface area contributed by atoms with Crippen molar-refractivity contribution in [3.05, 3.63) is 0 Å². The highest BCUT2D eigenvalue weighted by Crippen LogP contribution is 2.29. The quantitative estimate of drug-likeness (QED) is 0.624. The average Bonchev–Trinajstić information content (AvgIpc) is 2.27. The molecule has 1 aliphatic rings. The lowest BCUT2D eigenvalue weighted by Gasteiger charge is -2.32. The smallest absolute Gasteiger partial charge is 0.311 e. The first-order valence-electron chi connectivity index (χ1n) is 4.66. The van der Waals surface area contributed by atoms with Gasteiger partial charge in [0.2, 0.25) is 0 Å². The van der Waals surface area contributed by atoms with Crippen molar-refractivity contribution in [2.45, 2.75) is 12.8 Å². The van der Waals surface area contributed by atoms with E-state index < -0.39 is 17.3 Å². The molecule has 0 atom stereocenters. The van der Waals surface area contributed by atoms with Crippen molar-refractivity contribution in [1.29, 1.82) is 0 Å². The minimum Gasteiger partial charge on any atom is -0.481 e. The summed E-state index contributed by atoms with van der Waals surface area (Å²) in [5.74, 6) is 0.391.